The molecule has 3 saturated carbocycles. The van der Waals surface area contributed by atoms with Gasteiger partial charge in [0.15, 0.2) is 0 Å². The molecule has 3 aliphatic rings. The molecule has 0 aromatic rings. The van der Waals surface area contributed by atoms with Gasteiger partial charge in [0.1, 0.15) is 0 Å². The van der Waals surface area contributed by atoms with E-state index in [1.54, 1.807) is 0 Å². The molecule has 2 atom stereocenters. The molecule has 3 aliphatic carbocycles. The van der Waals surface area contributed by atoms with Crippen LogP contribution in [0.4, 0.5) is 0 Å². The smallest absolute Gasteiger partial charge is 0.310 e. The SMILES string of the molecule is COC(=O)[C@@H]1C2CCC(CC2)[C@]1(C)N. The molecular weight excluding hydrogens is 178 g/mol. The van der Waals surface area contributed by atoms with Crippen molar-refractivity contribution in [2.24, 2.45) is 23.5 Å². The Hall–Kier alpha value is -0.570. The third-order valence-electron chi connectivity index (χ3n) is 4.25. The molecule has 3 fully saturated rings. The van der Waals surface area contributed by atoms with Gasteiger partial charge in [-0.25, -0.2) is 0 Å². The highest BCUT2D eigenvalue weighted by atomic mass is 16.5. The average molecular weight is 197 g/mol. The van der Waals surface area contributed by atoms with Crippen molar-refractivity contribution >= 4 is 5.97 Å². The van der Waals surface area contributed by atoms with Gasteiger partial charge in [-0.3, -0.25) is 4.79 Å². The van der Waals surface area contributed by atoms with E-state index in [0.717, 1.165) is 12.8 Å². The van der Waals surface area contributed by atoms with E-state index < -0.39 is 0 Å². The van der Waals surface area contributed by atoms with E-state index in [2.05, 4.69) is 0 Å². The fourth-order valence-corrected chi connectivity index (χ4v) is 3.41. The second kappa shape index (κ2) is 3.23. The van der Waals surface area contributed by atoms with Crippen molar-refractivity contribution in [2.45, 2.75) is 38.1 Å². The van der Waals surface area contributed by atoms with Crippen LogP contribution < -0.4 is 5.73 Å². The second-order valence-electron chi connectivity index (χ2n) is 4.98. The minimum absolute atomic E-state index is 0.0694. The molecule has 0 aromatic carbocycles. The van der Waals surface area contributed by atoms with Crippen LogP contribution in [0.2, 0.25) is 0 Å². The third kappa shape index (κ3) is 1.26. The quantitative estimate of drug-likeness (QED) is 0.645. The molecular formula is C11H19NO2. The van der Waals surface area contributed by atoms with E-state index in [1.807, 2.05) is 6.92 Å². The fourth-order valence-electron chi connectivity index (χ4n) is 3.41. The minimum Gasteiger partial charge on any atom is -0.469 e. The van der Waals surface area contributed by atoms with Gasteiger partial charge in [0, 0.05) is 5.54 Å². The Balaban J connectivity index is 2.25. The maximum Gasteiger partial charge on any atom is 0.310 e. The summed E-state index contributed by atoms with van der Waals surface area (Å²) in [5.41, 5.74) is 5.94. The summed E-state index contributed by atoms with van der Waals surface area (Å²) in [7, 11) is 1.46. The summed E-state index contributed by atoms with van der Waals surface area (Å²) in [6, 6.07) is 0. The van der Waals surface area contributed by atoms with Crippen LogP contribution in [-0.4, -0.2) is 18.6 Å². The summed E-state index contributed by atoms with van der Waals surface area (Å²) in [4.78, 5) is 11.7. The molecule has 0 amide bonds. The molecule has 0 saturated heterocycles. The molecule has 2 N–H and O–H groups in total. The summed E-state index contributed by atoms with van der Waals surface area (Å²) in [5.74, 6) is 0.795. The molecule has 3 rings (SSSR count). The van der Waals surface area contributed by atoms with Crippen molar-refractivity contribution in [1.29, 1.82) is 0 Å². The maximum atomic E-state index is 11.7. The number of fused-ring (bicyclic) bond motifs is 3. The first-order chi connectivity index (χ1) is 6.57. The number of hydrogen-bond donors (Lipinski definition) is 1. The molecule has 14 heavy (non-hydrogen) atoms. The zero-order chi connectivity index (χ0) is 10.3. The van der Waals surface area contributed by atoms with Crippen LogP contribution in [0.15, 0.2) is 0 Å². The number of esters is 1. The fraction of sp³-hybridized carbons (Fsp3) is 0.909. The highest BCUT2D eigenvalue weighted by Gasteiger charge is 2.53. The van der Waals surface area contributed by atoms with Gasteiger partial charge in [-0.2, -0.15) is 0 Å². The molecule has 2 bridgehead atoms. The molecule has 0 aliphatic heterocycles. The van der Waals surface area contributed by atoms with Gasteiger partial charge in [-0.15, -0.1) is 0 Å². The monoisotopic (exact) mass is 197 g/mol. The van der Waals surface area contributed by atoms with Crippen molar-refractivity contribution in [3.8, 4) is 0 Å². The molecule has 3 nitrogen and oxygen atoms in total. The topological polar surface area (TPSA) is 52.3 Å². The van der Waals surface area contributed by atoms with E-state index in [9.17, 15) is 4.79 Å². The molecule has 0 aromatic heterocycles. The Morgan fingerprint density at radius 2 is 1.93 bits per heavy atom. The Morgan fingerprint density at radius 3 is 2.36 bits per heavy atom. The van der Waals surface area contributed by atoms with E-state index >= 15 is 0 Å². The second-order valence-corrected chi connectivity index (χ2v) is 4.98. The lowest BCUT2D eigenvalue weighted by atomic mass is 9.55. The molecule has 3 heteroatoms. The van der Waals surface area contributed by atoms with Crippen LogP contribution in [0.3, 0.4) is 0 Å². The molecule has 0 unspecified atom stereocenters. The molecule has 0 spiro atoms. The number of hydrogen-bond acceptors (Lipinski definition) is 3. The van der Waals surface area contributed by atoms with Gasteiger partial charge in [-0.1, -0.05) is 0 Å². The van der Waals surface area contributed by atoms with Gasteiger partial charge >= 0.3 is 5.97 Å². The standard InChI is InChI=1S/C11H19NO2/c1-11(12)8-5-3-7(4-6-8)9(11)10(13)14-2/h7-9H,3-6,12H2,1-2H3/t7?,8?,9-,11-/m0/s1. The van der Waals surface area contributed by atoms with Gasteiger partial charge in [0.05, 0.1) is 13.0 Å². The van der Waals surface area contributed by atoms with Crippen LogP contribution in [0, 0.1) is 17.8 Å². The Labute approximate surface area is 85.0 Å². The van der Waals surface area contributed by atoms with E-state index in [0.29, 0.717) is 11.8 Å². The zero-order valence-electron chi connectivity index (χ0n) is 8.95. The molecule has 80 valence electrons. The number of carbonyl (C=O) groups excluding carboxylic acids is 1. The highest BCUT2D eigenvalue weighted by molar-refractivity contribution is 5.74. The number of nitrogens with two attached hydrogens (primary N) is 1. The van der Waals surface area contributed by atoms with Crippen molar-refractivity contribution in [3.63, 3.8) is 0 Å². The van der Waals surface area contributed by atoms with Gasteiger partial charge in [0.25, 0.3) is 0 Å². The van der Waals surface area contributed by atoms with Crippen LogP contribution in [0.1, 0.15) is 32.6 Å². The lowest BCUT2D eigenvalue weighted by molar-refractivity contribution is -0.156. The van der Waals surface area contributed by atoms with Crippen molar-refractivity contribution < 1.29 is 9.53 Å². The predicted molar refractivity (Wildman–Crippen MR) is 53.5 cm³/mol. The van der Waals surface area contributed by atoms with Gasteiger partial charge in [-0.05, 0) is 44.4 Å². The summed E-state index contributed by atoms with van der Waals surface area (Å²) in [6.45, 7) is 2.02. The number of ether oxygens (including phenoxy) is 1. The third-order valence-corrected chi connectivity index (χ3v) is 4.25. The van der Waals surface area contributed by atoms with Crippen LogP contribution in [0.25, 0.3) is 0 Å². The Kier molecular flexibility index (Phi) is 2.30. The zero-order valence-corrected chi connectivity index (χ0v) is 8.95. The van der Waals surface area contributed by atoms with Crippen molar-refractivity contribution in [1.82, 2.24) is 0 Å². The van der Waals surface area contributed by atoms with E-state index in [1.165, 1.54) is 20.0 Å². The first-order valence-electron chi connectivity index (χ1n) is 5.44. The first-order valence-corrected chi connectivity index (χ1v) is 5.44. The summed E-state index contributed by atoms with van der Waals surface area (Å²) < 4.78 is 4.86. The average Bonchev–Trinajstić information content (AvgIpc) is 2.17. The Morgan fingerprint density at radius 1 is 1.36 bits per heavy atom. The molecule has 0 heterocycles. The van der Waals surface area contributed by atoms with E-state index in [4.69, 9.17) is 10.5 Å². The summed E-state index contributed by atoms with van der Waals surface area (Å²) in [5, 5.41) is 0. The lowest BCUT2D eigenvalue weighted by Gasteiger charge is -2.52. The van der Waals surface area contributed by atoms with Crippen molar-refractivity contribution in [2.75, 3.05) is 7.11 Å². The normalized spacial score (nSPS) is 46.4. The Bertz CT molecular complexity index is 242. The summed E-state index contributed by atoms with van der Waals surface area (Å²) in [6.07, 6.45) is 4.67. The minimum atomic E-state index is -0.339. The first kappa shape index (κ1) is 9.97. The van der Waals surface area contributed by atoms with Gasteiger partial charge < -0.3 is 10.5 Å². The van der Waals surface area contributed by atoms with Crippen LogP contribution >= 0.6 is 0 Å². The lowest BCUT2D eigenvalue weighted by Crippen LogP contribution is -2.61. The van der Waals surface area contributed by atoms with Crippen molar-refractivity contribution in [3.05, 3.63) is 0 Å². The number of methoxy groups -OCH3 is 1. The van der Waals surface area contributed by atoms with Gasteiger partial charge in [0.2, 0.25) is 0 Å². The summed E-state index contributed by atoms with van der Waals surface area (Å²) >= 11 is 0. The van der Waals surface area contributed by atoms with E-state index in [-0.39, 0.29) is 17.4 Å². The maximum absolute atomic E-state index is 11.7. The molecule has 0 radical (unpaired) electrons. The highest BCUT2D eigenvalue weighted by Crippen LogP contribution is 2.50. The largest absolute Gasteiger partial charge is 0.469 e. The number of carbonyl (C=O) groups is 1. The van der Waals surface area contributed by atoms with Crippen LogP contribution in [0.5, 0.6) is 0 Å². The predicted octanol–water partition coefficient (Wildman–Crippen LogP) is 1.31. The number of rotatable bonds is 1. The van der Waals surface area contributed by atoms with Crippen LogP contribution in [-0.2, 0) is 9.53 Å².